The number of carbonyl (C=O) groups is 2. The molecule has 1 aromatic carbocycles. The number of fused-ring (bicyclic) bond motifs is 1. The van der Waals surface area contributed by atoms with Crippen LogP contribution in [-0.2, 0) is 20.8 Å². The number of rotatable bonds is 12. The molecule has 41 heavy (non-hydrogen) atoms. The molecule has 0 unspecified atom stereocenters. The first-order valence-corrected chi connectivity index (χ1v) is 13.9. The second kappa shape index (κ2) is 13.6. The molecule has 2 atom stereocenters. The van der Waals surface area contributed by atoms with E-state index in [9.17, 15) is 23.6 Å². The molecule has 0 saturated heterocycles. The lowest BCUT2D eigenvalue weighted by Gasteiger charge is -2.23. The summed E-state index contributed by atoms with van der Waals surface area (Å²) in [5.41, 5.74) is -0.984. The molecule has 0 aliphatic carbocycles. The Labute approximate surface area is 240 Å². The van der Waals surface area contributed by atoms with Gasteiger partial charge in [-0.15, -0.1) is 11.3 Å². The topological polar surface area (TPSA) is 142 Å². The Morgan fingerprint density at radius 3 is 2.54 bits per heavy atom. The van der Waals surface area contributed by atoms with Gasteiger partial charge in [0.05, 0.1) is 44.7 Å². The summed E-state index contributed by atoms with van der Waals surface area (Å²) in [5, 5.41) is 11.8. The van der Waals surface area contributed by atoms with Gasteiger partial charge in [-0.3, -0.25) is 14.2 Å². The number of nitrogens with one attached hydrogen (secondary N) is 1. The summed E-state index contributed by atoms with van der Waals surface area (Å²) in [6.07, 6.45) is -0.982. The minimum atomic E-state index is -1.19. The molecule has 0 spiro atoms. The molecule has 2 heterocycles. The zero-order valence-corrected chi connectivity index (χ0v) is 24.6. The number of nitrogens with zero attached hydrogens (tertiary/aromatic N) is 3. The maximum Gasteiger partial charge on any atom is 0.348 e. The van der Waals surface area contributed by atoms with Gasteiger partial charge in [-0.05, 0) is 58.4 Å². The number of esters is 1. The molecule has 2 aromatic heterocycles. The molecule has 0 fully saturated rings. The number of halogens is 1. The molecule has 0 bridgehead atoms. The van der Waals surface area contributed by atoms with Crippen LogP contribution in [0.5, 0.6) is 5.75 Å². The first-order chi connectivity index (χ1) is 19.5. The van der Waals surface area contributed by atoms with Crippen molar-refractivity contribution in [1.82, 2.24) is 14.5 Å². The van der Waals surface area contributed by atoms with Gasteiger partial charge in [-0.2, -0.15) is 5.26 Å². The Hall–Kier alpha value is -4.02. The summed E-state index contributed by atoms with van der Waals surface area (Å²) in [4.78, 5) is 53.7. The van der Waals surface area contributed by atoms with Gasteiger partial charge >= 0.3 is 11.7 Å². The van der Waals surface area contributed by atoms with Crippen LogP contribution in [0.25, 0.3) is 10.2 Å². The van der Waals surface area contributed by atoms with Gasteiger partial charge in [0.25, 0.3) is 5.56 Å². The van der Waals surface area contributed by atoms with E-state index in [0.29, 0.717) is 5.56 Å². The van der Waals surface area contributed by atoms with E-state index in [-0.39, 0.29) is 58.6 Å². The fourth-order valence-corrected chi connectivity index (χ4v) is 5.59. The third-order valence-corrected chi connectivity index (χ3v) is 7.62. The van der Waals surface area contributed by atoms with E-state index in [2.05, 4.69) is 5.32 Å². The standard InChI is InChI=1S/C28H33FN4O7S/c1-7-39-27(36)23-16(4)22-25(35)33(17(5)24(34)31-15(2)3)28(37)32(26(22)41-23)14-21(40-12-8-11-30)19-13-18(29)9-10-20(19)38-6/h9-10,13,15,17,21H,7-8,12,14H2,1-6H3,(H,31,34)/t17-,21-/m0/s1. The first-order valence-electron chi connectivity index (χ1n) is 13.0. The molecule has 0 saturated carbocycles. The largest absolute Gasteiger partial charge is 0.496 e. The summed E-state index contributed by atoms with van der Waals surface area (Å²) >= 11 is 0.906. The maximum atomic E-state index is 14.4. The van der Waals surface area contributed by atoms with Crippen LogP contribution in [0.3, 0.4) is 0 Å². The lowest BCUT2D eigenvalue weighted by atomic mass is 10.1. The first kappa shape index (κ1) is 31.5. The average molecular weight is 589 g/mol. The van der Waals surface area contributed by atoms with Crippen LogP contribution in [0.4, 0.5) is 4.39 Å². The number of aryl methyl sites for hydroxylation is 1. The van der Waals surface area contributed by atoms with E-state index in [1.807, 2.05) is 6.07 Å². The lowest BCUT2D eigenvalue weighted by molar-refractivity contribution is -0.124. The fraction of sp³-hybridized carbons (Fsp3) is 0.464. The third kappa shape index (κ3) is 6.66. The number of methoxy groups -OCH3 is 1. The van der Waals surface area contributed by atoms with Crippen molar-refractivity contribution in [2.75, 3.05) is 20.3 Å². The van der Waals surface area contributed by atoms with Crippen molar-refractivity contribution in [3.63, 3.8) is 0 Å². The van der Waals surface area contributed by atoms with Crippen LogP contribution in [0.2, 0.25) is 0 Å². The Morgan fingerprint density at radius 2 is 1.93 bits per heavy atom. The highest BCUT2D eigenvalue weighted by atomic mass is 32.1. The minimum absolute atomic E-state index is 0.0233. The number of nitriles is 1. The van der Waals surface area contributed by atoms with Crippen LogP contribution < -0.4 is 21.3 Å². The fourth-order valence-electron chi connectivity index (χ4n) is 4.39. The average Bonchev–Trinajstić information content (AvgIpc) is 3.27. The van der Waals surface area contributed by atoms with E-state index in [1.165, 1.54) is 36.8 Å². The molecule has 1 N–H and O–H groups in total. The zero-order chi connectivity index (χ0) is 30.4. The third-order valence-electron chi connectivity index (χ3n) is 6.32. The molecule has 11 nitrogen and oxygen atoms in total. The summed E-state index contributed by atoms with van der Waals surface area (Å²) in [6, 6.07) is 4.36. The van der Waals surface area contributed by atoms with Crippen molar-refractivity contribution in [2.24, 2.45) is 0 Å². The predicted octanol–water partition coefficient (Wildman–Crippen LogP) is 3.61. The number of amides is 1. The number of carbonyl (C=O) groups excluding carboxylic acids is 2. The summed E-state index contributed by atoms with van der Waals surface area (Å²) in [5.74, 6) is -1.49. The molecule has 0 aliphatic rings. The molecule has 0 aliphatic heterocycles. The monoisotopic (exact) mass is 588 g/mol. The Kier molecular flexibility index (Phi) is 10.4. The van der Waals surface area contributed by atoms with Crippen molar-refractivity contribution in [3.8, 4) is 11.8 Å². The Morgan fingerprint density at radius 1 is 1.22 bits per heavy atom. The maximum absolute atomic E-state index is 14.4. The minimum Gasteiger partial charge on any atom is -0.496 e. The molecule has 13 heteroatoms. The highest BCUT2D eigenvalue weighted by Crippen LogP contribution is 2.33. The van der Waals surface area contributed by atoms with E-state index in [4.69, 9.17) is 19.5 Å². The van der Waals surface area contributed by atoms with Crippen LogP contribution in [-0.4, -0.2) is 47.4 Å². The van der Waals surface area contributed by atoms with Gasteiger partial charge in [-0.1, -0.05) is 0 Å². The van der Waals surface area contributed by atoms with Crippen molar-refractivity contribution >= 4 is 33.4 Å². The highest BCUT2D eigenvalue weighted by molar-refractivity contribution is 7.20. The lowest BCUT2D eigenvalue weighted by Crippen LogP contribution is -2.47. The van der Waals surface area contributed by atoms with Crippen molar-refractivity contribution in [1.29, 1.82) is 5.26 Å². The molecule has 220 valence electrons. The number of thiophene rings is 1. The van der Waals surface area contributed by atoms with E-state index in [1.54, 1.807) is 27.7 Å². The van der Waals surface area contributed by atoms with Crippen LogP contribution in [0.15, 0.2) is 27.8 Å². The molecule has 0 radical (unpaired) electrons. The Balaban J connectivity index is 2.34. The van der Waals surface area contributed by atoms with E-state index in [0.717, 1.165) is 15.9 Å². The van der Waals surface area contributed by atoms with Crippen LogP contribution in [0.1, 0.15) is 67.1 Å². The molecular formula is C28H33FN4O7S. The van der Waals surface area contributed by atoms with Gasteiger partial charge in [0, 0.05) is 11.6 Å². The molecule has 3 aromatic rings. The molecule has 3 rings (SSSR count). The van der Waals surface area contributed by atoms with Crippen LogP contribution in [0, 0.1) is 24.1 Å². The van der Waals surface area contributed by atoms with Gasteiger partial charge in [0.2, 0.25) is 5.91 Å². The van der Waals surface area contributed by atoms with Crippen molar-refractivity contribution in [3.05, 3.63) is 60.9 Å². The van der Waals surface area contributed by atoms with Gasteiger partial charge < -0.3 is 19.5 Å². The molecule has 1 amide bonds. The summed E-state index contributed by atoms with van der Waals surface area (Å²) < 4.78 is 33.0. The number of ether oxygens (including phenoxy) is 3. The SMILES string of the molecule is CCOC(=O)c1sc2c(c1C)c(=O)n([C@@H](C)C(=O)NC(C)C)c(=O)n2C[C@H](OCCC#N)c1cc(F)ccc1OC. The molecular weight excluding hydrogens is 555 g/mol. The number of aromatic nitrogens is 2. The quantitative estimate of drug-likeness (QED) is 0.250. The zero-order valence-electron chi connectivity index (χ0n) is 23.8. The van der Waals surface area contributed by atoms with E-state index < -0.39 is 41.1 Å². The number of benzene rings is 1. The summed E-state index contributed by atoms with van der Waals surface area (Å²) in [7, 11) is 1.40. The van der Waals surface area contributed by atoms with Crippen molar-refractivity contribution < 1.29 is 28.2 Å². The predicted molar refractivity (Wildman–Crippen MR) is 151 cm³/mol. The van der Waals surface area contributed by atoms with Crippen LogP contribution >= 0.6 is 11.3 Å². The van der Waals surface area contributed by atoms with E-state index >= 15 is 0 Å². The van der Waals surface area contributed by atoms with Gasteiger partial charge in [-0.25, -0.2) is 18.5 Å². The Bertz CT molecular complexity index is 1600. The highest BCUT2D eigenvalue weighted by Gasteiger charge is 2.29. The smallest absolute Gasteiger partial charge is 0.348 e. The van der Waals surface area contributed by atoms with Gasteiger partial charge in [0.15, 0.2) is 0 Å². The second-order valence-corrected chi connectivity index (χ2v) is 10.5. The summed E-state index contributed by atoms with van der Waals surface area (Å²) in [6.45, 7) is 7.96. The second-order valence-electron chi connectivity index (χ2n) is 9.52. The normalized spacial score (nSPS) is 12.7. The number of hydrogen-bond acceptors (Lipinski definition) is 9. The number of hydrogen-bond donors (Lipinski definition) is 1. The van der Waals surface area contributed by atoms with Crippen molar-refractivity contribution in [2.45, 2.75) is 65.8 Å². The van der Waals surface area contributed by atoms with Gasteiger partial charge in [0.1, 0.15) is 33.4 Å².